The lowest BCUT2D eigenvalue weighted by molar-refractivity contribution is -0.137. The molecule has 0 radical (unpaired) electrons. The van der Waals surface area contributed by atoms with Gasteiger partial charge in [-0.2, -0.15) is 0 Å². The molecule has 176 valence electrons. The van der Waals surface area contributed by atoms with Crippen molar-refractivity contribution in [3.63, 3.8) is 0 Å². The summed E-state index contributed by atoms with van der Waals surface area (Å²) in [7, 11) is 0. The van der Waals surface area contributed by atoms with Gasteiger partial charge in [-0.25, -0.2) is 4.39 Å². The largest absolute Gasteiger partial charge is 0.481 e. The lowest BCUT2D eigenvalue weighted by Crippen LogP contribution is -2.41. The molecule has 1 aliphatic carbocycles. The summed E-state index contributed by atoms with van der Waals surface area (Å²) in [6.07, 6.45) is 7.82. The van der Waals surface area contributed by atoms with Gasteiger partial charge in [-0.15, -0.1) is 0 Å². The number of benzene rings is 2. The Labute approximate surface area is 195 Å². The highest BCUT2D eigenvalue weighted by molar-refractivity contribution is 5.66. The molecule has 33 heavy (non-hydrogen) atoms. The van der Waals surface area contributed by atoms with Crippen LogP contribution < -0.4 is 0 Å². The van der Waals surface area contributed by atoms with E-state index in [1.54, 1.807) is 0 Å². The number of aryl methyl sites for hydroxylation is 1. The van der Waals surface area contributed by atoms with Crippen molar-refractivity contribution in [2.75, 3.05) is 13.2 Å². The molecule has 0 spiro atoms. The van der Waals surface area contributed by atoms with Crippen molar-refractivity contribution in [2.45, 2.75) is 57.2 Å². The van der Waals surface area contributed by atoms with Gasteiger partial charge in [0.05, 0.1) is 25.9 Å². The van der Waals surface area contributed by atoms with E-state index in [0.29, 0.717) is 32.2 Å². The normalized spacial score (nSPS) is 26.3. The third kappa shape index (κ3) is 5.53. The van der Waals surface area contributed by atoms with Crippen LogP contribution >= 0.6 is 0 Å². The summed E-state index contributed by atoms with van der Waals surface area (Å²) in [5.74, 6) is -0.390. The predicted molar refractivity (Wildman–Crippen MR) is 125 cm³/mol. The molecule has 2 fully saturated rings. The first-order chi connectivity index (χ1) is 16.0. The molecule has 0 aromatic heterocycles. The first-order valence-corrected chi connectivity index (χ1v) is 11.9. The van der Waals surface area contributed by atoms with Gasteiger partial charge in [0.15, 0.2) is 0 Å². The molecule has 0 unspecified atom stereocenters. The van der Waals surface area contributed by atoms with Crippen LogP contribution in [0.1, 0.15) is 48.8 Å². The van der Waals surface area contributed by atoms with Crippen molar-refractivity contribution < 1.29 is 23.8 Å². The number of aliphatic carboxylic acids is 1. The van der Waals surface area contributed by atoms with Crippen LogP contribution in [0, 0.1) is 24.6 Å². The van der Waals surface area contributed by atoms with E-state index in [1.807, 2.05) is 12.1 Å². The first kappa shape index (κ1) is 23.7. The maximum atomic E-state index is 13.6. The van der Waals surface area contributed by atoms with Gasteiger partial charge in [-0.3, -0.25) is 4.79 Å². The topological polar surface area (TPSA) is 55.8 Å². The van der Waals surface area contributed by atoms with Crippen molar-refractivity contribution in [3.8, 4) is 0 Å². The van der Waals surface area contributed by atoms with Crippen LogP contribution in [0.25, 0.3) is 0 Å². The zero-order valence-electron chi connectivity index (χ0n) is 19.2. The standard InChI is InChI=1S/C28H33FO4/c1-20-7-6-8-21(15-20)17-32-18-24-25(9-4-2-3-5-10-27(30)31)28(16-26(24)33-19-28)22-11-13-23(29)14-12-22/h2,4,6-8,11-15,24-26H,3,5,9-10,16-19H2,1H3,(H,30,31)/b4-2-/t24-,25-,26-,28-/m0/s1. The first-order valence-electron chi connectivity index (χ1n) is 11.9. The number of hydrogen-bond donors (Lipinski definition) is 1. The van der Waals surface area contributed by atoms with Gasteiger partial charge in [-0.1, -0.05) is 54.1 Å². The van der Waals surface area contributed by atoms with Crippen molar-refractivity contribution >= 4 is 5.97 Å². The number of carboxylic acid groups (broad SMARTS) is 1. The Morgan fingerprint density at radius 1 is 1.24 bits per heavy atom. The quantitative estimate of drug-likeness (QED) is 0.345. The fourth-order valence-corrected chi connectivity index (χ4v) is 5.60. The molecule has 2 aromatic rings. The van der Waals surface area contributed by atoms with E-state index in [2.05, 4.69) is 43.3 Å². The Kier molecular flexibility index (Phi) is 7.61. The fourth-order valence-electron chi connectivity index (χ4n) is 5.60. The van der Waals surface area contributed by atoms with Gasteiger partial charge in [0.2, 0.25) is 0 Å². The highest BCUT2D eigenvalue weighted by Crippen LogP contribution is 2.56. The molecule has 0 amide bonds. The van der Waals surface area contributed by atoms with E-state index in [-0.39, 0.29) is 29.7 Å². The van der Waals surface area contributed by atoms with Crippen molar-refractivity contribution in [3.05, 3.63) is 83.2 Å². The zero-order valence-corrected chi connectivity index (χ0v) is 19.2. The highest BCUT2D eigenvalue weighted by Gasteiger charge is 2.59. The van der Waals surface area contributed by atoms with Gasteiger partial charge < -0.3 is 14.6 Å². The molecule has 1 N–H and O–H groups in total. The zero-order chi connectivity index (χ0) is 23.3. The van der Waals surface area contributed by atoms with Crippen LogP contribution in [0.4, 0.5) is 4.39 Å². The van der Waals surface area contributed by atoms with Crippen LogP contribution in [-0.2, 0) is 26.3 Å². The monoisotopic (exact) mass is 452 g/mol. The van der Waals surface area contributed by atoms with Gasteiger partial charge in [0.1, 0.15) is 5.82 Å². The van der Waals surface area contributed by atoms with Crippen LogP contribution in [-0.4, -0.2) is 30.4 Å². The summed E-state index contributed by atoms with van der Waals surface area (Å²) in [5, 5.41) is 8.83. The van der Waals surface area contributed by atoms with Crippen molar-refractivity contribution in [1.82, 2.24) is 0 Å². The SMILES string of the molecule is Cc1cccc(COC[C@@H]2[C@@H]3C[C@@](c4ccc(F)cc4)(CO3)[C@H]2C/C=C\CCCC(=O)O)c1. The van der Waals surface area contributed by atoms with Crippen LogP contribution in [0.2, 0.25) is 0 Å². The van der Waals surface area contributed by atoms with Crippen molar-refractivity contribution in [2.24, 2.45) is 11.8 Å². The Balaban J connectivity index is 1.46. The minimum absolute atomic E-state index is 0.137. The number of halogens is 1. The second kappa shape index (κ2) is 10.6. The predicted octanol–water partition coefficient (Wildman–Crippen LogP) is 5.82. The van der Waals surface area contributed by atoms with E-state index in [9.17, 15) is 9.18 Å². The molecule has 1 heterocycles. The second-order valence-electron chi connectivity index (χ2n) is 9.48. The van der Waals surface area contributed by atoms with E-state index in [0.717, 1.165) is 24.8 Å². The Hall–Kier alpha value is -2.50. The molecule has 1 saturated heterocycles. The molecular weight excluding hydrogens is 419 g/mol. The molecule has 5 heteroatoms. The Morgan fingerprint density at radius 3 is 2.82 bits per heavy atom. The molecular formula is C28H33FO4. The van der Waals surface area contributed by atoms with Crippen LogP contribution in [0.5, 0.6) is 0 Å². The molecule has 4 atom stereocenters. The Bertz CT molecular complexity index is 970. The van der Waals surface area contributed by atoms with Gasteiger partial charge in [-0.05, 0) is 61.8 Å². The minimum Gasteiger partial charge on any atom is -0.481 e. The van der Waals surface area contributed by atoms with Gasteiger partial charge >= 0.3 is 5.97 Å². The summed E-state index contributed by atoms with van der Waals surface area (Å²) in [6, 6.07) is 15.3. The number of ether oxygens (including phenoxy) is 2. The number of allylic oxidation sites excluding steroid dienone is 2. The number of unbranched alkanes of at least 4 members (excludes halogenated alkanes) is 1. The Morgan fingerprint density at radius 2 is 2.06 bits per heavy atom. The molecule has 2 bridgehead atoms. The third-order valence-corrected chi connectivity index (χ3v) is 7.22. The van der Waals surface area contributed by atoms with Gasteiger partial charge in [0.25, 0.3) is 0 Å². The summed E-state index contributed by atoms with van der Waals surface area (Å²) < 4.78 is 26.0. The molecule has 1 saturated carbocycles. The highest BCUT2D eigenvalue weighted by atomic mass is 19.1. The van der Waals surface area contributed by atoms with Crippen molar-refractivity contribution in [1.29, 1.82) is 0 Å². The molecule has 2 aromatic carbocycles. The smallest absolute Gasteiger partial charge is 0.303 e. The summed E-state index contributed by atoms with van der Waals surface area (Å²) in [4.78, 5) is 10.7. The number of hydrogen-bond acceptors (Lipinski definition) is 3. The van der Waals surface area contributed by atoms with Crippen LogP contribution in [0.15, 0.2) is 60.7 Å². The molecule has 4 rings (SSSR count). The van der Waals surface area contributed by atoms with Crippen LogP contribution in [0.3, 0.4) is 0 Å². The van der Waals surface area contributed by atoms with E-state index in [4.69, 9.17) is 14.6 Å². The number of carbonyl (C=O) groups is 1. The minimum atomic E-state index is -0.755. The maximum absolute atomic E-state index is 13.6. The third-order valence-electron chi connectivity index (χ3n) is 7.22. The lowest BCUT2D eigenvalue weighted by Gasteiger charge is -2.39. The number of fused-ring (bicyclic) bond motifs is 2. The van der Waals surface area contributed by atoms with E-state index < -0.39 is 5.97 Å². The molecule has 4 nitrogen and oxygen atoms in total. The molecule has 2 aliphatic rings. The van der Waals surface area contributed by atoms with E-state index in [1.165, 1.54) is 23.3 Å². The average molecular weight is 453 g/mol. The average Bonchev–Trinajstić information content (AvgIpc) is 3.35. The van der Waals surface area contributed by atoms with E-state index >= 15 is 0 Å². The number of rotatable bonds is 11. The molecule has 1 aliphatic heterocycles. The maximum Gasteiger partial charge on any atom is 0.303 e. The second-order valence-corrected chi connectivity index (χ2v) is 9.48. The lowest BCUT2D eigenvalue weighted by atomic mass is 9.69. The number of carboxylic acids is 1. The van der Waals surface area contributed by atoms with Gasteiger partial charge in [0, 0.05) is 17.8 Å². The fraction of sp³-hybridized carbons (Fsp3) is 0.464. The summed E-state index contributed by atoms with van der Waals surface area (Å²) >= 11 is 0. The summed E-state index contributed by atoms with van der Waals surface area (Å²) in [5.41, 5.74) is 3.39. The summed E-state index contributed by atoms with van der Waals surface area (Å²) in [6.45, 7) is 3.93.